The lowest BCUT2D eigenvalue weighted by atomic mass is 10.1. The highest BCUT2D eigenvalue weighted by molar-refractivity contribution is 7.99. The Morgan fingerprint density at radius 2 is 1.62 bits per heavy atom. The van der Waals surface area contributed by atoms with Crippen LogP contribution in [0.15, 0.2) is 53.4 Å². The predicted molar refractivity (Wildman–Crippen MR) is 122 cm³/mol. The van der Waals surface area contributed by atoms with Gasteiger partial charge in [0.1, 0.15) is 6.04 Å². The van der Waals surface area contributed by atoms with Crippen LogP contribution < -0.4 is 5.32 Å². The fourth-order valence-electron chi connectivity index (χ4n) is 2.76. The van der Waals surface area contributed by atoms with E-state index in [4.69, 9.17) is 23.2 Å². The average molecular weight is 453 g/mol. The van der Waals surface area contributed by atoms with Gasteiger partial charge in [-0.1, -0.05) is 47.5 Å². The molecule has 0 aliphatic rings. The Hall–Kier alpha value is -1.69. The van der Waals surface area contributed by atoms with Gasteiger partial charge in [0.15, 0.2) is 0 Å². The third kappa shape index (κ3) is 7.25. The van der Waals surface area contributed by atoms with Gasteiger partial charge in [0.25, 0.3) is 0 Å². The van der Waals surface area contributed by atoms with Crippen molar-refractivity contribution in [2.75, 3.05) is 5.75 Å². The molecule has 0 unspecified atom stereocenters. The van der Waals surface area contributed by atoms with Crippen LogP contribution in [0.3, 0.4) is 0 Å². The number of carbonyl (C=O) groups excluding carboxylic acids is 2. The first-order chi connectivity index (χ1) is 13.8. The van der Waals surface area contributed by atoms with Gasteiger partial charge in [-0.2, -0.15) is 0 Å². The largest absolute Gasteiger partial charge is 0.352 e. The van der Waals surface area contributed by atoms with Crippen molar-refractivity contribution in [3.05, 3.63) is 64.1 Å². The molecule has 0 bridgehead atoms. The Kier molecular flexibility index (Phi) is 9.34. The van der Waals surface area contributed by atoms with E-state index in [1.807, 2.05) is 44.2 Å². The van der Waals surface area contributed by atoms with Gasteiger partial charge in [-0.25, -0.2) is 0 Å². The number of halogens is 2. The number of rotatable bonds is 9. The third-order valence-electron chi connectivity index (χ3n) is 4.32. The van der Waals surface area contributed by atoms with Crippen LogP contribution in [0.25, 0.3) is 0 Å². The molecule has 0 fully saturated rings. The summed E-state index contributed by atoms with van der Waals surface area (Å²) in [4.78, 5) is 28.3. The fraction of sp³-hybridized carbons (Fsp3) is 0.364. The van der Waals surface area contributed by atoms with E-state index < -0.39 is 6.04 Å². The van der Waals surface area contributed by atoms with Crippen LogP contribution in [0.1, 0.15) is 32.8 Å². The molecule has 156 valence electrons. The molecule has 0 saturated heterocycles. The summed E-state index contributed by atoms with van der Waals surface area (Å²) < 4.78 is 0. The molecule has 7 heteroatoms. The number of amides is 2. The number of nitrogens with zero attached hydrogens (tertiary/aromatic N) is 1. The minimum atomic E-state index is -0.640. The monoisotopic (exact) mass is 452 g/mol. The molecule has 29 heavy (non-hydrogen) atoms. The minimum absolute atomic E-state index is 0.0144. The molecule has 1 atom stereocenters. The molecular formula is C22H26Cl2N2O2S. The molecule has 1 N–H and O–H groups in total. The van der Waals surface area contributed by atoms with E-state index in [1.54, 1.807) is 41.8 Å². The number of carbonyl (C=O) groups is 2. The van der Waals surface area contributed by atoms with Crippen LogP contribution in [0.5, 0.6) is 0 Å². The first kappa shape index (κ1) is 23.6. The zero-order valence-corrected chi connectivity index (χ0v) is 19.2. The zero-order valence-electron chi connectivity index (χ0n) is 16.8. The predicted octanol–water partition coefficient (Wildman–Crippen LogP) is 5.42. The van der Waals surface area contributed by atoms with Gasteiger partial charge in [-0.05, 0) is 45.0 Å². The summed E-state index contributed by atoms with van der Waals surface area (Å²) in [5, 5.41) is 3.83. The number of hydrogen-bond acceptors (Lipinski definition) is 3. The van der Waals surface area contributed by atoms with Crippen molar-refractivity contribution in [2.45, 2.75) is 50.7 Å². The standard InChI is InChI=1S/C22H26Cl2N2O2S/c1-15(2)25-22(28)16(3)26(14-18-19(23)10-7-11-20(18)24)21(27)12-13-29-17-8-5-4-6-9-17/h4-11,15-16H,12-14H2,1-3H3,(H,25,28)/t16-/m0/s1. The van der Waals surface area contributed by atoms with Crippen LogP contribution in [-0.2, 0) is 16.1 Å². The molecule has 2 rings (SSSR count). The Labute approximate surface area is 187 Å². The second kappa shape index (κ2) is 11.5. The van der Waals surface area contributed by atoms with E-state index in [0.29, 0.717) is 27.8 Å². The molecule has 4 nitrogen and oxygen atoms in total. The van der Waals surface area contributed by atoms with Gasteiger partial charge in [-0.3, -0.25) is 9.59 Å². The van der Waals surface area contributed by atoms with E-state index in [-0.39, 0.29) is 24.4 Å². The van der Waals surface area contributed by atoms with Gasteiger partial charge in [0.05, 0.1) is 0 Å². The van der Waals surface area contributed by atoms with E-state index in [2.05, 4.69) is 5.32 Å². The molecule has 0 heterocycles. The molecule has 0 radical (unpaired) electrons. The topological polar surface area (TPSA) is 49.4 Å². The lowest BCUT2D eigenvalue weighted by Gasteiger charge is -2.30. The molecule has 0 aliphatic carbocycles. The summed E-state index contributed by atoms with van der Waals surface area (Å²) in [6.45, 7) is 5.68. The Morgan fingerprint density at radius 3 is 2.21 bits per heavy atom. The molecule has 0 spiro atoms. The summed E-state index contributed by atoms with van der Waals surface area (Å²) in [6.07, 6.45) is 0.306. The van der Waals surface area contributed by atoms with Crippen molar-refractivity contribution in [1.29, 1.82) is 0 Å². The summed E-state index contributed by atoms with van der Waals surface area (Å²) in [5.41, 5.74) is 0.643. The van der Waals surface area contributed by atoms with Crippen molar-refractivity contribution in [3.8, 4) is 0 Å². The van der Waals surface area contributed by atoms with Crippen molar-refractivity contribution in [3.63, 3.8) is 0 Å². The molecule has 2 aromatic rings. The fourth-order valence-corrected chi connectivity index (χ4v) is 4.14. The zero-order chi connectivity index (χ0) is 21.4. The Morgan fingerprint density at radius 1 is 1.00 bits per heavy atom. The summed E-state index contributed by atoms with van der Waals surface area (Å²) in [5.74, 6) is 0.303. The van der Waals surface area contributed by atoms with Crippen LogP contribution in [0, 0.1) is 0 Å². The smallest absolute Gasteiger partial charge is 0.242 e. The van der Waals surface area contributed by atoms with E-state index in [9.17, 15) is 9.59 Å². The highest BCUT2D eigenvalue weighted by Crippen LogP contribution is 2.27. The number of hydrogen-bond donors (Lipinski definition) is 1. The summed E-state index contributed by atoms with van der Waals surface area (Å²) >= 11 is 14.2. The average Bonchev–Trinajstić information content (AvgIpc) is 2.67. The van der Waals surface area contributed by atoms with Crippen molar-refractivity contribution < 1.29 is 9.59 Å². The molecule has 0 aromatic heterocycles. The quantitative estimate of drug-likeness (QED) is 0.516. The van der Waals surface area contributed by atoms with Gasteiger partial charge < -0.3 is 10.2 Å². The first-order valence-electron chi connectivity index (χ1n) is 9.50. The van der Waals surface area contributed by atoms with Crippen molar-refractivity contribution >= 4 is 46.8 Å². The second-order valence-corrected chi connectivity index (χ2v) is 8.96. The van der Waals surface area contributed by atoms with Crippen molar-refractivity contribution in [1.82, 2.24) is 10.2 Å². The van der Waals surface area contributed by atoms with Crippen LogP contribution >= 0.6 is 35.0 Å². The van der Waals surface area contributed by atoms with Crippen LogP contribution in [-0.4, -0.2) is 34.6 Å². The maximum absolute atomic E-state index is 13.0. The first-order valence-corrected chi connectivity index (χ1v) is 11.2. The highest BCUT2D eigenvalue weighted by atomic mass is 35.5. The Balaban J connectivity index is 2.14. The molecule has 0 saturated carbocycles. The lowest BCUT2D eigenvalue weighted by molar-refractivity contribution is -0.140. The lowest BCUT2D eigenvalue weighted by Crippen LogP contribution is -2.49. The van der Waals surface area contributed by atoms with E-state index in [0.717, 1.165) is 4.90 Å². The summed E-state index contributed by atoms with van der Waals surface area (Å²) in [6, 6.07) is 14.5. The third-order valence-corrected chi connectivity index (χ3v) is 6.04. The molecule has 2 aromatic carbocycles. The molecular weight excluding hydrogens is 427 g/mol. The van der Waals surface area contributed by atoms with Gasteiger partial charge in [-0.15, -0.1) is 11.8 Å². The number of thioether (sulfide) groups is 1. The van der Waals surface area contributed by atoms with Crippen LogP contribution in [0.2, 0.25) is 10.0 Å². The molecule has 2 amide bonds. The van der Waals surface area contributed by atoms with Crippen LogP contribution in [0.4, 0.5) is 0 Å². The SMILES string of the molecule is CC(C)NC(=O)[C@H](C)N(Cc1c(Cl)cccc1Cl)C(=O)CCSc1ccccc1. The molecule has 0 aliphatic heterocycles. The van der Waals surface area contributed by atoms with Crippen molar-refractivity contribution in [2.24, 2.45) is 0 Å². The van der Waals surface area contributed by atoms with E-state index >= 15 is 0 Å². The van der Waals surface area contributed by atoms with Gasteiger partial charge >= 0.3 is 0 Å². The normalized spacial score (nSPS) is 11.9. The van der Waals surface area contributed by atoms with E-state index in [1.165, 1.54) is 0 Å². The maximum Gasteiger partial charge on any atom is 0.242 e. The number of benzene rings is 2. The highest BCUT2D eigenvalue weighted by Gasteiger charge is 2.27. The number of nitrogens with one attached hydrogen (secondary N) is 1. The van der Waals surface area contributed by atoms with Gasteiger partial charge in [0, 0.05) is 45.3 Å². The Bertz CT molecular complexity index is 811. The minimum Gasteiger partial charge on any atom is -0.352 e. The summed E-state index contributed by atoms with van der Waals surface area (Å²) in [7, 11) is 0. The second-order valence-electron chi connectivity index (χ2n) is 6.97. The van der Waals surface area contributed by atoms with Gasteiger partial charge in [0.2, 0.25) is 11.8 Å². The maximum atomic E-state index is 13.0.